The van der Waals surface area contributed by atoms with Gasteiger partial charge in [0.15, 0.2) is 0 Å². The number of aryl methyl sites for hydroxylation is 2. The lowest BCUT2D eigenvalue weighted by Crippen LogP contribution is -2.35. The van der Waals surface area contributed by atoms with Gasteiger partial charge < -0.3 is 5.32 Å². The largest absolute Gasteiger partial charge is 0.313 e. The lowest BCUT2D eigenvalue weighted by Gasteiger charge is -2.31. The number of thiazole rings is 1. The Kier molecular flexibility index (Phi) is 2.96. The van der Waals surface area contributed by atoms with Crippen molar-refractivity contribution in [1.82, 2.24) is 10.3 Å². The van der Waals surface area contributed by atoms with E-state index in [2.05, 4.69) is 17.2 Å². The second kappa shape index (κ2) is 4.56. The zero-order chi connectivity index (χ0) is 12.9. The van der Waals surface area contributed by atoms with Crippen molar-refractivity contribution in [1.29, 1.82) is 0 Å². The smallest absolute Gasteiger partial charge is 0.0797 e. The Labute approximate surface area is 120 Å². The van der Waals surface area contributed by atoms with Crippen LogP contribution in [0.3, 0.4) is 0 Å². The first-order valence-corrected chi connectivity index (χ1v) is 8.74. The van der Waals surface area contributed by atoms with E-state index in [1.54, 1.807) is 0 Å². The molecule has 2 atom stereocenters. The van der Waals surface area contributed by atoms with E-state index < -0.39 is 0 Å². The minimum Gasteiger partial charge on any atom is -0.313 e. The van der Waals surface area contributed by atoms with Crippen LogP contribution in [0.15, 0.2) is 5.51 Å². The van der Waals surface area contributed by atoms with Crippen molar-refractivity contribution in [2.24, 2.45) is 17.3 Å². The molecule has 1 N–H and O–H groups in total. The molecule has 1 aromatic heterocycles. The number of fused-ring (bicyclic) bond motifs is 1. The Balaban J connectivity index is 1.40. The molecule has 0 bridgehead atoms. The molecule has 3 heteroatoms. The zero-order valence-electron chi connectivity index (χ0n) is 11.8. The average Bonchev–Trinajstić information content (AvgIpc) is 3.30. The summed E-state index contributed by atoms with van der Waals surface area (Å²) in [7, 11) is 0. The van der Waals surface area contributed by atoms with Gasteiger partial charge in [0.25, 0.3) is 0 Å². The maximum absolute atomic E-state index is 4.40. The average molecular weight is 276 g/mol. The van der Waals surface area contributed by atoms with Gasteiger partial charge in [-0.2, -0.15) is 0 Å². The summed E-state index contributed by atoms with van der Waals surface area (Å²) in [4.78, 5) is 5.92. The Morgan fingerprint density at radius 3 is 2.79 bits per heavy atom. The van der Waals surface area contributed by atoms with Crippen LogP contribution in [0.25, 0.3) is 0 Å². The molecular formula is C16H24N2S. The molecule has 1 heterocycles. The van der Waals surface area contributed by atoms with Gasteiger partial charge >= 0.3 is 0 Å². The maximum Gasteiger partial charge on any atom is 0.0797 e. The lowest BCUT2D eigenvalue weighted by atomic mass is 9.78. The third-order valence-electron chi connectivity index (χ3n) is 5.53. The lowest BCUT2D eigenvalue weighted by molar-refractivity contribution is 0.230. The standard InChI is InChI=1S/C16H24N2S/c1-11-15(19-10-18-11)4-5-16(9-17-14-2-3-14)7-12-6-13(12)8-16/h10,12-14,17H,2-9H2,1H3. The van der Waals surface area contributed by atoms with Crippen molar-refractivity contribution in [3.63, 3.8) is 0 Å². The second-order valence-corrected chi connectivity index (χ2v) is 8.12. The van der Waals surface area contributed by atoms with Crippen LogP contribution in [0.4, 0.5) is 0 Å². The molecule has 0 amide bonds. The number of nitrogens with one attached hydrogen (secondary N) is 1. The van der Waals surface area contributed by atoms with Gasteiger partial charge in [-0.3, -0.25) is 0 Å². The highest BCUT2D eigenvalue weighted by molar-refractivity contribution is 7.09. The zero-order valence-corrected chi connectivity index (χ0v) is 12.6. The van der Waals surface area contributed by atoms with E-state index >= 15 is 0 Å². The van der Waals surface area contributed by atoms with Crippen LogP contribution < -0.4 is 5.32 Å². The van der Waals surface area contributed by atoms with Gasteiger partial charge in [0, 0.05) is 17.5 Å². The summed E-state index contributed by atoms with van der Waals surface area (Å²) < 4.78 is 0. The van der Waals surface area contributed by atoms with E-state index in [1.165, 1.54) is 62.1 Å². The van der Waals surface area contributed by atoms with Crippen LogP contribution in [-0.4, -0.2) is 17.6 Å². The van der Waals surface area contributed by atoms with Crippen LogP contribution in [0, 0.1) is 24.2 Å². The summed E-state index contributed by atoms with van der Waals surface area (Å²) in [5, 5.41) is 3.81. The Morgan fingerprint density at radius 1 is 1.37 bits per heavy atom. The molecule has 2 unspecified atom stereocenters. The van der Waals surface area contributed by atoms with E-state index in [-0.39, 0.29) is 0 Å². The fourth-order valence-corrected chi connectivity index (χ4v) is 4.82. The van der Waals surface area contributed by atoms with Crippen molar-refractivity contribution in [3.05, 3.63) is 16.1 Å². The van der Waals surface area contributed by atoms with Crippen molar-refractivity contribution in [2.45, 2.75) is 57.9 Å². The summed E-state index contributed by atoms with van der Waals surface area (Å²) in [6.07, 6.45) is 9.98. The quantitative estimate of drug-likeness (QED) is 0.859. The molecule has 104 valence electrons. The van der Waals surface area contributed by atoms with Gasteiger partial charge in [-0.1, -0.05) is 0 Å². The van der Waals surface area contributed by atoms with Gasteiger partial charge in [0.2, 0.25) is 0 Å². The molecular weight excluding hydrogens is 252 g/mol. The van der Waals surface area contributed by atoms with Crippen molar-refractivity contribution in [3.8, 4) is 0 Å². The molecule has 19 heavy (non-hydrogen) atoms. The van der Waals surface area contributed by atoms with E-state index in [1.807, 2.05) is 16.8 Å². The van der Waals surface area contributed by atoms with Gasteiger partial charge in [0.05, 0.1) is 11.2 Å². The van der Waals surface area contributed by atoms with E-state index in [9.17, 15) is 0 Å². The van der Waals surface area contributed by atoms with Gasteiger partial charge in [-0.25, -0.2) is 4.98 Å². The van der Waals surface area contributed by atoms with Crippen LogP contribution in [0.5, 0.6) is 0 Å². The van der Waals surface area contributed by atoms with Gasteiger partial charge in [-0.05, 0) is 69.1 Å². The fourth-order valence-electron chi connectivity index (χ4n) is 4.04. The van der Waals surface area contributed by atoms with E-state index in [4.69, 9.17) is 0 Å². The highest BCUT2D eigenvalue weighted by Gasteiger charge is 2.53. The molecule has 3 fully saturated rings. The molecule has 0 spiro atoms. The van der Waals surface area contributed by atoms with Crippen molar-refractivity contribution in [2.75, 3.05) is 6.54 Å². The first-order chi connectivity index (χ1) is 9.24. The summed E-state index contributed by atoms with van der Waals surface area (Å²) >= 11 is 1.85. The first kappa shape index (κ1) is 12.3. The molecule has 0 radical (unpaired) electrons. The third kappa shape index (κ3) is 2.59. The van der Waals surface area contributed by atoms with E-state index in [0.717, 1.165) is 17.9 Å². The predicted molar refractivity (Wildman–Crippen MR) is 79.5 cm³/mol. The molecule has 3 saturated carbocycles. The minimum absolute atomic E-state index is 0.618. The van der Waals surface area contributed by atoms with E-state index in [0.29, 0.717) is 5.41 Å². The minimum atomic E-state index is 0.618. The highest BCUT2D eigenvalue weighted by atomic mass is 32.1. The highest BCUT2D eigenvalue weighted by Crippen LogP contribution is 2.61. The normalized spacial score (nSPS) is 36.5. The van der Waals surface area contributed by atoms with Crippen molar-refractivity contribution >= 4 is 11.3 Å². The summed E-state index contributed by atoms with van der Waals surface area (Å²) in [5.41, 5.74) is 3.89. The first-order valence-electron chi connectivity index (χ1n) is 7.86. The topological polar surface area (TPSA) is 24.9 Å². The number of hydrogen-bond acceptors (Lipinski definition) is 3. The van der Waals surface area contributed by atoms with Crippen LogP contribution >= 0.6 is 11.3 Å². The number of aromatic nitrogens is 1. The third-order valence-corrected chi connectivity index (χ3v) is 6.52. The van der Waals surface area contributed by atoms with Crippen LogP contribution in [-0.2, 0) is 6.42 Å². The molecule has 1 aromatic rings. The molecule has 3 aliphatic carbocycles. The Morgan fingerprint density at radius 2 is 2.16 bits per heavy atom. The second-order valence-electron chi connectivity index (χ2n) is 7.18. The van der Waals surface area contributed by atoms with Gasteiger partial charge in [-0.15, -0.1) is 11.3 Å². The van der Waals surface area contributed by atoms with Crippen molar-refractivity contribution < 1.29 is 0 Å². The molecule has 4 rings (SSSR count). The summed E-state index contributed by atoms with van der Waals surface area (Å²) in [6.45, 7) is 3.44. The summed E-state index contributed by atoms with van der Waals surface area (Å²) in [5.74, 6) is 2.17. The fraction of sp³-hybridized carbons (Fsp3) is 0.812. The van der Waals surface area contributed by atoms with Crippen LogP contribution in [0.2, 0.25) is 0 Å². The molecule has 0 aliphatic heterocycles. The monoisotopic (exact) mass is 276 g/mol. The molecule has 2 nitrogen and oxygen atoms in total. The van der Waals surface area contributed by atoms with Crippen LogP contribution in [0.1, 0.15) is 49.1 Å². The molecule has 0 aromatic carbocycles. The SMILES string of the molecule is Cc1ncsc1CCC1(CNC2CC2)CC2CC2C1. The Hall–Kier alpha value is -0.410. The number of hydrogen-bond donors (Lipinski definition) is 1. The number of nitrogens with zero attached hydrogens (tertiary/aromatic N) is 1. The predicted octanol–water partition coefficient (Wildman–Crippen LogP) is 3.55. The Bertz CT molecular complexity index is 453. The maximum atomic E-state index is 4.40. The number of rotatable bonds is 6. The van der Waals surface area contributed by atoms with Gasteiger partial charge in [0.1, 0.15) is 0 Å². The molecule has 0 saturated heterocycles. The molecule has 3 aliphatic rings. The summed E-state index contributed by atoms with van der Waals surface area (Å²) in [6, 6.07) is 0.860.